The van der Waals surface area contributed by atoms with Crippen LogP contribution in [0.2, 0.25) is 0 Å². The molecule has 0 amide bonds. The number of nitrogens with zero attached hydrogens (tertiary/aromatic N) is 3. The summed E-state index contributed by atoms with van der Waals surface area (Å²) in [5.74, 6) is 2.41. The van der Waals surface area contributed by atoms with Gasteiger partial charge in [-0.2, -0.15) is 4.98 Å². The van der Waals surface area contributed by atoms with Crippen molar-refractivity contribution in [3.8, 4) is 0 Å². The van der Waals surface area contributed by atoms with Gasteiger partial charge in [0.25, 0.3) is 0 Å². The zero-order valence-corrected chi connectivity index (χ0v) is 15.6. The van der Waals surface area contributed by atoms with E-state index < -0.39 is 0 Å². The van der Waals surface area contributed by atoms with E-state index >= 15 is 0 Å². The van der Waals surface area contributed by atoms with E-state index in [0.29, 0.717) is 12.0 Å². The fourth-order valence-corrected chi connectivity index (χ4v) is 4.46. The average Bonchev–Trinajstić information content (AvgIpc) is 3.33. The van der Waals surface area contributed by atoms with Gasteiger partial charge in [-0.15, -0.1) is 0 Å². The van der Waals surface area contributed by atoms with Gasteiger partial charge in [-0.1, -0.05) is 61.5 Å². The number of anilines is 2. The molecule has 0 unspecified atom stereocenters. The highest BCUT2D eigenvalue weighted by atomic mass is 15.3. The summed E-state index contributed by atoms with van der Waals surface area (Å²) in [5.41, 5.74) is 5.33. The summed E-state index contributed by atoms with van der Waals surface area (Å²) in [4.78, 5) is 12.0. The van der Waals surface area contributed by atoms with Crippen LogP contribution in [0.3, 0.4) is 0 Å². The second kappa shape index (κ2) is 6.69. The van der Waals surface area contributed by atoms with E-state index in [1.54, 1.807) is 0 Å². The third kappa shape index (κ3) is 2.95. The van der Waals surface area contributed by atoms with Crippen LogP contribution >= 0.6 is 0 Å². The number of fused-ring (bicyclic) bond motifs is 5. The van der Waals surface area contributed by atoms with E-state index in [4.69, 9.17) is 9.97 Å². The Morgan fingerprint density at radius 3 is 2.59 bits per heavy atom. The molecule has 5 rings (SSSR count). The minimum Gasteiger partial charge on any atom is -0.350 e. The topological polar surface area (TPSA) is 41.1 Å². The van der Waals surface area contributed by atoms with Crippen molar-refractivity contribution in [1.29, 1.82) is 0 Å². The Morgan fingerprint density at radius 2 is 1.78 bits per heavy atom. The number of nitrogens with one attached hydrogen (secondary N) is 1. The lowest BCUT2D eigenvalue weighted by molar-refractivity contribution is 0.727. The highest BCUT2D eigenvalue weighted by Gasteiger charge is 2.42. The van der Waals surface area contributed by atoms with Crippen LogP contribution in [0.1, 0.15) is 47.7 Å². The standard InChI is InChI=1S/C23H24N4/c1-2-18-13-22(26-23(25-18)24-14-16-8-4-3-5-9-16)27-15-17-12-21(27)20-11-7-6-10-19(17)20/h3-11,13,17,21H,2,12,14-15H2,1H3,(H,24,25,26)/t17-,21+/m1/s1. The van der Waals surface area contributed by atoms with Crippen molar-refractivity contribution in [2.45, 2.75) is 38.3 Å². The SMILES string of the molecule is CCc1cc(N2C[C@H]3C[C@H]2c2ccccc23)nc(NCc2ccccc2)n1. The van der Waals surface area contributed by atoms with Gasteiger partial charge < -0.3 is 10.2 Å². The highest BCUT2D eigenvalue weighted by Crippen LogP contribution is 2.51. The van der Waals surface area contributed by atoms with Gasteiger partial charge in [-0.3, -0.25) is 0 Å². The van der Waals surface area contributed by atoms with E-state index in [1.165, 1.54) is 23.1 Å². The monoisotopic (exact) mass is 356 g/mol. The zero-order chi connectivity index (χ0) is 18.2. The molecule has 4 nitrogen and oxygen atoms in total. The van der Waals surface area contributed by atoms with Crippen LogP contribution in [0.15, 0.2) is 60.7 Å². The van der Waals surface area contributed by atoms with Crippen molar-refractivity contribution in [2.75, 3.05) is 16.8 Å². The maximum atomic E-state index is 4.87. The van der Waals surface area contributed by atoms with Crippen LogP contribution in [0.4, 0.5) is 11.8 Å². The first-order chi connectivity index (χ1) is 13.3. The molecule has 0 radical (unpaired) electrons. The summed E-state index contributed by atoms with van der Waals surface area (Å²) in [6.07, 6.45) is 2.12. The second-order valence-electron chi connectivity index (χ2n) is 7.46. The van der Waals surface area contributed by atoms with Crippen molar-refractivity contribution in [1.82, 2.24) is 9.97 Å². The zero-order valence-electron chi connectivity index (χ0n) is 15.6. The molecule has 2 aromatic carbocycles. The molecule has 0 saturated carbocycles. The number of rotatable bonds is 5. The molecule has 4 heteroatoms. The van der Waals surface area contributed by atoms with Gasteiger partial charge in [-0.25, -0.2) is 4.98 Å². The lowest BCUT2D eigenvalue weighted by Gasteiger charge is -2.30. The Morgan fingerprint density at radius 1 is 1.00 bits per heavy atom. The summed E-state index contributed by atoms with van der Waals surface area (Å²) in [6.45, 7) is 3.95. The Kier molecular flexibility index (Phi) is 4.04. The maximum Gasteiger partial charge on any atom is 0.225 e. The molecule has 1 fully saturated rings. The Labute approximate surface area is 160 Å². The van der Waals surface area contributed by atoms with Crippen molar-refractivity contribution in [3.05, 3.63) is 83.0 Å². The molecule has 1 saturated heterocycles. The number of hydrogen-bond donors (Lipinski definition) is 1. The van der Waals surface area contributed by atoms with E-state index in [9.17, 15) is 0 Å². The molecule has 0 spiro atoms. The predicted octanol–water partition coefficient (Wildman–Crippen LogP) is 4.70. The van der Waals surface area contributed by atoms with E-state index in [2.05, 4.69) is 71.7 Å². The molecular weight excluding hydrogens is 332 g/mol. The average molecular weight is 356 g/mol. The lowest BCUT2D eigenvalue weighted by Crippen LogP contribution is -2.28. The fraction of sp³-hybridized carbons (Fsp3) is 0.304. The highest BCUT2D eigenvalue weighted by molar-refractivity contribution is 5.55. The van der Waals surface area contributed by atoms with Crippen LogP contribution in [0.25, 0.3) is 0 Å². The van der Waals surface area contributed by atoms with Crippen LogP contribution in [-0.2, 0) is 13.0 Å². The van der Waals surface area contributed by atoms with Crippen molar-refractivity contribution in [3.63, 3.8) is 0 Å². The summed E-state index contributed by atoms with van der Waals surface area (Å²) < 4.78 is 0. The second-order valence-corrected chi connectivity index (χ2v) is 7.46. The summed E-state index contributed by atoms with van der Waals surface area (Å²) >= 11 is 0. The van der Waals surface area contributed by atoms with Gasteiger partial charge in [0.2, 0.25) is 5.95 Å². The minimum atomic E-state index is 0.452. The summed E-state index contributed by atoms with van der Waals surface area (Å²) in [5, 5.41) is 3.41. The molecular formula is C23H24N4. The molecule has 2 bridgehead atoms. The third-order valence-corrected chi connectivity index (χ3v) is 5.81. The molecule has 1 aliphatic carbocycles. The number of hydrogen-bond acceptors (Lipinski definition) is 4. The van der Waals surface area contributed by atoms with Crippen molar-refractivity contribution >= 4 is 11.8 Å². The number of benzene rings is 2. The molecule has 136 valence electrons. The Hall–Kier alpha value is -2.88. The van der Waals surface area contributed by atoms with E-state index in [1.807, 2.05) is 6.07 Å². The van der Waals surface area contributed by atoms with Gasteiger partial charge in [-0.05, 0) is 29.5 Å². The molecule has 2 heterocycles. The maximum absolute atomic E-state index is 4.87. The van der Waals surface area contributed by atoms with Gasteiger partial charge in [0.05, 0.1) is 6.04 Å². The van der Waals surface area contributed by atoms with Gasteiger partial charge in [0.15, 0.2) is 0 Å². The Bertz CT molecular complexity index is 954. The van der Waals surface area contributed by atoms with Gasteiger partial charge >= 0.3 is 0 Å². The lowest BCUT2D eigenvalue weighted by atomic mass is 9.99. The fourth-order valence-electron chi connectivity index (χ4n) is 4.46. The van der Waals surface area contributed by atoms with Gasteiger partial charge in [0, 0.05) is 30.8 Å². The molecule has 2 aliphatic rings. The first-order valence-corrected chi connectivity index (χ1v) is 9.83. The molecule has 27 heavy (non-hydrogen) atoms. The van der Waals surface area contributed by atoms with Crippen LogP contribution in [0, 0.1) is 0 Å². The first-order valence-electron chi connectivity index (χ1n) is 9.83. The largest absolute Gasteiger partial charge is 0.350 e. The van der Waals surface area contributed by atoms with Crippen LogP contribution in [0.5, 0.6) is 0 Å². The minimum absolute atomic E-state index is 0.452. The quantitative estimate of drug-likeness (QED) is 0.719. The predicted molar refractivity (Wildman–Crippen MR) is 109 cm³/mol. The third-order valence-electron chi connectivity index (χ3n) is 5.81. The first kappa shape index (κ1) is 16.3. The van der Waals surface area contributed by atoms with E-state index in [0.717, 1.165) is 37.0 Å². The van der Waals surface area contributed by atoms with Crippen molar-refractivity contribution in [2.24, 2.45) is 0 Å². The molecule has 2 atom stereocenters. The summed E-state index contributed by atoms with van der Waals surface area (Å²) in [6, 6.07) is 21.9. The van der Waals surface area contributed by atoms with E-state index in [-0.39, 0.29) is 0 Å². The smallest absolute Gasteiger partial charge is 0.225 e. The molecule has 1 N–H and O–H groups in total. The van der Waals surface area contributed by atoms with Gasteiger partial charge in [0.1, 0.15) is 5.82 Å². The number of aryl methyl sites for hydroxylation is 1. The Balaban J connectivity index is 1.42. The van der Waals surface area contributed by atoms with Crippen molar-refractivity contribution < 1.29 is 0 Å². The molecule has 1 aliphatic heterocycles. The molecule has 1 aromatic heterocycles. The van der Waals surface area contributed by atoms with Crippen LogP contribution in [-0.4, -0.2) is 16.5 Å². The number of aromatic nitrogens is 2. The molecule has 3 aromatic rings. The summed E-state index contributed by atoms with van der Waals surface area (Å²) in [7, 11) is 0. The normalized spacial score (nSPS) is 20.0. The van der Waals surface area contributed by atoms with Crippen LogP contribution < -0.4 is 10.2 Å².